The summed E-state index contributed by atoms with van der Waals surface area (Å²) in [5, 5.41) is -0.369. The summed E-state index contributed by atoms with van der Waals surface area (Å²) in [7, 11) is -12.1. The second kappa shape index (κ2) is 6.19. The van der Waals surface area contributed by atoms with Crippen LogP contribution in [0.3, 0.4) is 0 Å². The highest BCUT2D eigenvalue weighted by Gasteiger charge is 2.49. The quantitative estimate of drug-likeness (QED) is 0.425. The summed E-state index contributed by atoms with van der Waals surface area (Å²) in [5.74, 6) is -1.79. The highest BCUT2D eigenvalue weighted by Crippen LogP contribution is 2.35. The standard InChI is InChI=1S/C12H6F6O6S2/c13-11(14,15)25(19,20)23-8-5-4-7-2-1-3-10(9(7)6-8)24-26(21,22)12(16,17)18/h1-6H. The highest BCUT2D eigenvalue weighted by atomic mass is 32.2. The molecular formula is C12H6F6O6S2. The summed E-state index contributed by atoms with van der Waals surface area (Å²) in [4.78, 5) is 0. The van der Waals surface area contributed by atoms with E-state index in [1.807, 2.05) is 0 Å². The fourth-order valence-electron chi connectivity index (χ4n) is 1.69. The van der Waals surface area contributed by atoms with E-state index in [4.69, 9.17) is 0 Å². The molecule has 2 rings (SSSR count). The lowest BCUT2D eigenvalue weighted by atomic mass is 10.1. The Bertz CT molecular complexity index is 1040. The Morgan fingerprint density at radius 3 is 1.81 bits per heavy atom. The Labute approximate surface area is 142 Å². The van der Waals surface area contributed by atoms with Gasteiger partial charge in [0, 0.05) is 5.39 Å². The van der Waals surface area contributed by atoms with Crippen molar-refractivity contribution < 1.29 is 51.5 Å². The first-order valence-electron chi connectivity index (χ1n) is 6.18. The molecule has 0 unspecified atom stereocenters. The van der Waals surface area contributed by atoms with E-state index in [0.717, 1.165) is 24.3 Å². The van der Waals surface area contributed by atoms with Gasteiger partial charge in [0.05, 0.1) is 0 Å². The zero-order valence-electron chi connectivity index (χ0n) is 12.0. The van der Waals surface area contributed by atoms with Crippen molar-refractivity contribution in [2.24, 2.45) is 0 Å². The summed E-state index contributed by atoms with van der Waals surface area (Å²) >= 11 is 0. The van der Waals surface area contributed by atoms with Crippen LogP contribution in [-0.4, -0.2) is 27.9 Å². The normalized spacial score (nSPS) is 13.6. The molecule has 14 heteroatoms. The molecule has 0 heterocycles. The lowest BCUT2D eigenvalue weighted by molar-refractivity contribution is -0.0505. The van der Waals surface area contributed by atoms with Crippen LogP contribution in [-0.2, 0) is 20.2 Å². The van der Waals surface area contributed by atoms with Gasteiger partial charge in [-0.05, 0) is 23.6 Å². The Hall–Kier alpha value is -2.22. The second-order valence-corrected chi connectivity index (χ2v) is 7.68. The molecule has 0 N–H and O–H groups in total. The molecule has 0 aromatic heterocycles. The van der Waals surface area contributed by atoms with Gasteiger partial charge in [0.1, 0.15) is 5.75 Å². The molecule has 0 saturated carbocycles. The zero-order valence-corrected chi connectivity index (χ0v) is 13.6. The van der Waals surface area contributed by atoms with Crippen LogP contribution in [0.1, 0.15) is 0 Å². The van der Waals surface area contributed by atoms with E-state index >= 15 is 0 Å². The first kappa shape index (κ1) is 20.1. The van der Waals surface area contributed by atoms with E-state index in [-0.39, 0.29) is 5.39 Å². The second-order valence-electron chi connectivity index (χ2n) is 4.61. The van der Waals surface area contributed by atoms with Crippen LogP contribution in [0.4, 0.5) is 26.3 Å². The largest absolute Gasteiger partial charge is 0.534 e. The minimum Gasteiger partial charge on any atom is -0.376 e. The Balaban J connectivity index is 2.52. The number of benzene rings is 2. The molecule has 6 nitrogen and oxygen atoms in total. The SMILES string of the molecule is O=S(=O)(Oc1ccc2cccc(OS(=O)(=O)C(F)(F)F)c2c1)C(F)(F)F. The van der Waals surface area contributed by atoms with Crippen LogP contribution in [0.5, 0.6) is 11.5 Å². The monoisotopic (exact) mass is 424 g/mol. The number of hydrogen-bond donors (Lipinski definition) is 0. The molecule has 0 atom stereocenters. The van der Waals surface area contributed by atoms with Gasteiger partial charge in [0.25, 0.3) is 0 Å². The molecule has 2 aromatic carbocycles. The number of alkyl halides is 6. The van der Waals surface area contributed by atoms with E-state index in [1.54, 1.807) is 0 Å². The Morgan fingerprint density at radius 2 is 1.27 bits per heavy atom. The highest BCUT2D eigenvalue weighted by molar-refractivity contribution is 7.88. The molecule has 0 radical (unpaired) electrons. The summed E-state index contributed by atoms with van der Waals surface area (Å²) in [6.07, 6.45) is 0. The Kier molecular flexibility index (Phi) is 4.78. The first-order chi connectivity index (χ1) is 11.6. The molecule has 0 aliphatic carbocycles. The molecule has 2 aromatic rings. The molecule has 0 amide bonds. The van der Waals surface area contributed by atoms with Crippen LogP contribution >= 0.6 is 0 Å². The number of hydrogen-bond acceptors (Lipinski definition) is 6. The van der Waals surface area contributed by atoms with Crippen molar-refractivity contribution >= 4 is 31.0 Å². The predicted molar refractivity (Wildman–Crippen MR) is 75.2 cm³/mol. The van der Waals surface area contributed by atoms with E-state index in [0.29, 0.717) is 6.07 Å². The van der Waals surface area contributed by atoms with Crippen molar-refractivity contribution in [3.05, 3.63) is 36.4 Å². The molecule has 0 saturated heterocycles. The van der Waals surface area contributed by atoms with Gasteiger partial charge in [-0.15, -0.1) is 0 Å². The summed E-state index contributed by atoms with van der Waals surface area (Å²) in [6, 6.07) is 5.59. The third-order valence-corrected chi connectivity index (χ3v) is 4.73. The molecule has 26 heavy (non-hydrogen) atoms. The van der Waals surface area contributed by atoms with Gasteiger partial charge in [-0.3, -0.25) is 0 Å². The van der Waals surface area contributed by atoms with Crippen LogP contribution in [0.2, 0.25) is 0 Å². The molecular weight excluding hydrogens is 418 g/mol. The van der Waals surface area contributed by atoms with Crippen LogP contribution in [0.15, 0.2) is 36.4 Å². The molecule has 0 bridgehead atoms. The van der Waals surface area contributed by atoms with Gasteiger partial charge in [0.2, 0.25) is 0 Å². The van der Waals surface area contributed by atoms with Gasteiger partial charge in [0.15, 0.2) is 5.75 Å². The zero-order chi connectivity index (χ0) is 20.0. The lowest BCUT2D eigenvalue weighted by Gasteiger charge is -2.13. The topological polar surface area (TPSA) is 86.7 Å². The fourth-order valence-corrected chi connectivity index (χ4v) is 2.61. The van der Waals surface area contributed by atoms with Gasteiger partial charge < -0.3 is 8.37 Å². The van der Waals surface area contributed by atoms with Crippen molar-refractivity contribution in [2.45, 2.75) is 11.0 Å². The average Bonchev–Trinajstić information content (AvgIpc) is 2.45. The number of rotatable bonds is 4. The molecule has 0 aliphatic heterocycles. The van der Waals surface area contributed by atoms with Gasteiger partial charge >= 0.3 is 31.3 Å². The molecule has 144 valence electrons. The number of fused-ring (bicyclic) bond motifs is 1. The molecule has 0 fully saturated rings. The van der Waals surface area contributed by atoms with E-state index in [9.17, 15) is 43.2 Å². The van der Waals surface area contributed by atoms with Crippen LogP contribution < -0.4 is 8.37 Å². The van der Waals surface area contributed by atoms with Crippen LogP contribution in [0.25, 0.3) is 10.8 Å². The van der Waals surface area contributed by atoms with Crippen molar-refractivity contribution in [3.63, 3.8) is 0 Å². The minimum atomic E-state index is -6.05. The summed E-state index contributed by atoms with van der Waals surface area (Å²) in [5.41, 5.74) is -11.5. The average molecular weight is 424 g/mol. The van der Waals surface area contributed by atoms with E-state index in [1.165, 1.54) is 6.07 Å². The maximum absolute atomic E-state index is 12.4. The van der Waals surface area contributed by atoms with Gasteiger partial charge in [-0.1, -0.05) is 18.2 Å². The maximum atomic E-state index is 12.4. The fraction of sp³-hybridized carbons (Fsp3) is 0.167. The van der Waals surface area contributed by atoms with Gasteiger partial charge in [-0.25, -0.2) is 0 Å². The Morgan fingerprint density at radius 1 is 0.731 bits per heavy atom. The van der Waals surface area contributed by atoms with Crippen LogP contribution in [0, 0.1) is 0 Å². The van der Waals surface area contributed by atoms with E-state index < -0.39 is 48.1 Å². The summed E-state index contributed by atoms with van der Waals surface area (Å²) in [6.45, 7) is 0. The van der Waals surface area contributed by atoms with E-state index in [2.05, 4.69) is 8.37 Å². The lowest BCUT2D eigenvalue weighted by Crippen LogP contribution is -2.28. The molecule has 0 aliphatic rings. The summed E-state index contributed by atoms with van der Waals surface area (Å²) < 4.78 is 126. The van der Waals surface area contributed by atoms with Crippen molar-refractivity contribution in [3.8, 4) is 11.5 Å². The third kappa shape index (κ3) is 3.95. The minimum absolute atomic E-state index is 0.0524. The van der Waals surface area contributed by atoms with Crippen molar-refractivity contribution in [1.29, 1.82) is 0 Å². The maximum Gasteiger partial charge on any atom is 0.534 e. The molecule has 0 spiro atoms. The van der Waals surface area contributed by atoms with Crippen molar-refractivity contribution in [2.75, 3.05) is 0 Å². The first-order valence-corrected chi connectivity index (χ1v) is 9.00. The third-order valence-electron chi connectivity index (χ3n) is 2.79. The predicted octanol–water partition coefficient (Wildman–Crippen LogP) is 3.30. The number of halogens is 6. The van der Waals surface area contributed by atoms with Gasteiger partial charge in [-0.2, -0.15) is 43.2 Å². The smallest absolute Gasteiger partial charge is 0.376 e. The van der Waals surface area contributed by atoms with Crippen molar-refractivity contribution in [1.82, 2.24) is 0 Å².